The summed E-state index contributed by atoms with van der Waals surface area (Å²) in [5.74, 6) is 0.878. The molecule has 2 N–H and O–H groups in total. The topological polar surface area (TPSA) is 101 Å². The van der Waals surface area contributed by atoms with Gasteiger partial charge in [0.05, 0.1) is 13.3 Å². The van der Waals surface area contributed by atoms with Crippen molar-refractivity contribution in [3.63, 3.8) is 0 Å². The Morgan fingerprint density at radius 2 is 2.12 bits per heavy atom. The third kappa shape index (κ3) is 5.79. The van der Waals surface area contributed by atoms with Crippen molar-refractivity contribution in [2.75, 3.05) is 33.1 Å². The number of rotatable bonds is 7. The van der Waals surface area contributed by atoms with Crippen molar-refractivity contribution in [1.29, 1.82) is 0 Å². The van der Waals surface area contributed by atoms with Crippen LogP contribution in [0.25, 0.3) is 0 Å². The van der Waals surface area contributed by atoms with Gasteiger partial charge in [0, 0.05) is 20.6 Å². The Labute approximate surface area is 145 Å². The minimum atomic E-state index is -0.310. The van der Waals surface area contributed by atoms with Crippen LogP contribution in [-0.4, -0.2) is 59.6 Å². The van der Waals surface area contributed by atoms with Gasteiger partial charge in [0.1, 0.15) is 12.3 Å². The molecule has 3 amide bonds. The van der Waals surface area contributed by atoms with Gasteiger partial charge in [-0.25, -0.2) is 4.79 Å². The molecule has 2 aromatic rings. The summed E-state index contributed by atoms with van der Waals surface area (Å²) in [5, 5.41) is 13.4. The smallest absolute Gasteiger partial charge is 0.322 e. The number of nitrogens with zero attached hydrogens (tertiary/aromatic N) is 4. The van der Waals surface area contributed by atoms with E-state index >= 15 is 0 Å². The minimum Gasteiger partial charge on any atom is -0.497 e. The zero-order valence-electron chi connectivity index (χ0n) is 14.5. The van der Waals surface area contributed by atoms with E-state index in [0.717, 1.165) is 11.3 Å². The van der Waals surface area contributed by atoms with Crippen molar-refractivity contribution in [3.8, 4) is 5.75 Å². The fourth-order valence-corrected chi connectivity index (χ4v) is 2.01. The Balaban J connectivity index is 1.76. The van der Waals surface area contributed by atoms with Gasteiger partial charge >= 0.3 is 6.03 Å². The Bertz CT molecular complexity index is 728. The second-order valence-corrected chi connectivity index (χ2v) is 5.54. The van der Waals surface area contributed by atoms with Gasteiger partial charge in [-0.3, -0.25) is 10.1 Å². The molecule has 1 aromatic heterocycles. The van der Waals surface area contributed by atoms with Crippen molar-refractivity contribution in [2.45, 2.75) is 13.0 Å². The van der Waals surface area contributed by atoms with Crippen LogP contribution < -0.4 is 15.4 Å². The quantitative estimate of drug-likeness (QED) is 0.770. The molecule has 0 aliphatic heterocycles. The predicted octanol–water partition coefficient (Wildman–Crippen LogP) is 0.739. The lowest BCUT2D eigenvalue weighted by Gasteiger charge is -2.09. The third-order valence-corrected chi connectivity index (χ3v) is 3.33. The van der Waals surface area contributed by atoms with Gasteiger partial charge < -0.3 is 15.0 Å². The van der Waals surface area contributed by atoms with E-state index in [1.165, 1.54) is 15.9 Å². The summed E-state index contributed by atoms with van der Waals surface area (Å²) in [6.07, 6.45) is 2.09. The summed E-state index contributed by atoms with van der Waals surface area (Å²) in [6.45, 7) is 0.480. The number of hydrogen-bond acceptors (Lipinski definition) is 5. The fourth-order valence-electron chi connectivity index (χ4n) is 2.01. The van der Waals surface area contributed by atoms with Gasteiger partial charge in [0.2, 0.25) is 5.91 Å². The van der Waals surface area contributed by atoms with E-state index in [0.29, 0.717) is 18.8 Å². The molecule has 1 aromatic carbocycles. The maximum atomic E-state index is 11.9. The molecule has 0 atom stereocenters. The van der Waals surface area contributed by atoms with Crippen LogP contribution in [0.15, 0.2) is 30.5 Å². The highest BCUT2D eigenvalue weighted by molar-refractivity contribution is 5.87. The summed E-state index contributed by atoms with van der Waals surface area (Å²) in [7, 11) is 4.86. The molecule has 2 rings (SSSR count). The Morgan fingerprint density at radius 1 is 1.32 bits per heavy atom. The van der Waals surface area contributed by atoms with Crippen molar-refractivity contribution >= 4 is 17.8 Å². The molecule has 0 saturated carbocycles. The highest BCUT2D eigenvalue weighted by Gasteiger charge is 2.09. The number of amides is 3. The summed E-state index contributed by atoms with van der Waals surface area (Å²) in [6, 6.07) is 7.38. The molecular weight excluding hydrogens is 324 g/mol. The van der Waals surface area contributed by atoms with E-state index < -0.39 is 0 Å². The first-order valence-corrected chi connectivity index (χ1v) is 7.76. The Kier molecular flexibility index (Phi) is 6.33. The number of urea groups is 1. The van der Waals surface area contributed by atoms with Crippen LogP contribution in [0, 0.1) is 0 Å². The number of hydrogen-bond donors (Lipinski definition) is 2. The van der Waals surface area contributed by atoms with Gasteiger partial charge in [-0.15, -0.1) is 5.10 Å². The van der Waals surface area contributed by atoms with Gasteiger partial charge in [0.15, 0.2) is 5.82 Å². The van der Waals surface area contributed by atoms with E-state index in [-0.39, 0.29) is 18.5 Å². The average Bonchev–Trinajstić information content (AvgIpc) is 3.01. The van der Waals surface area contributed by atoms with Crippen LogP contribution in [0.4, 0.5) is 10.6 Å². The molecule has 25 heavy (non-hydrogen) atoms. The van der Waals surface area contributed by atoms with Crippen molar-refractivity contribution < 1.29 is 14.3 Å². The fraction of sp³-hybridized carbons (Fsp3) is 0.375. The molecule has 9 heteroatoms. The standard InChI is InChI=1S/C16H22N6O3/c1-21(2)16(24)19-14-10-18-22(20-14)11-15(23)17-8-7-12-5-4-6-13(9-12)25-3/h4-6,9-10H,7-8,11H2,1-3H3,(H,17,23)(H,19,20,24). The van der Waals surface area contributed by atoms with Crippen LogP contribution in [0.5, 0.6) is 5.75 Å². The lowest BCUT2D eigenvalue weighted by atomic mass is 10.1. The van der Waals surface area contributed by atoms with Gasteiger partial charge in [-0.1, -0.05) is 12.1 Å². The molecule has 0 saturated heterocycles. The number of nitrogens with one attached hydrogen (secondary N) is 2. The van der Waals surface area contributed by atoms with Gasteiger partial charge in [-0.05, 0) is 24.1 Å². The van der Waals surface area contributed by atoms with Crippen LogP contribution >= 0.6 is 0 Å². The van der Waals surface area contributed by atoms with E-state index in [1.807, 2.05) is 24.3 Å². The lowest BCUT2D eigenvalue weighted by molar-refractivity contribution is -0.122. The van der Waals surface area contributed by atoms with Crippen LogP contribution in [0.2, 0.25) is 0 Å². The number of anilines is 1. The van der Waals surface area contributed by atoms with Crippen molar-refractivity contribution in [2.24, 2.45) is 0 Å². The number of methoxy groups -OCH3 is 1. The number of ether oxygens (including phenoxy) is 1. The molecule has 0 spiro atoms. The zero-order valence-corrected chi connectivity index (χ0v) is 14.5. The first-order chi connectivity index (χ1) is 12.0. The molecule has 0 radical (unpaired) electrons. The van der Waals surface area contributed by atoms with Gasteiger partial charge in [0.25, 0.3) is 0 Å². The van der Waals surface area contributed by atoms with E-state index in [4.69, 9.17) is 4.74 Å². The molecule has 9 nitrogen and oxygen atoms in total. The summed E-state index contributed by atoms with van der Waals surface area (Å²) in [4.78, 5) is 26.1. The second kappa shape index (κ2) is 8.67. The number of carbonyl (C=O) groups excluding carboxylic acids is 2. The molecule has 0 fully saturated rings. The summed E-state index contributed by atoms with van der Waals surface area (Å²) in [5.41, 5.74) is 1.07. The number of benzene rings is 1. The summed E-state index contributed by atoms with van der Waals surface area (Å²) >= 11 is 0. The molecule has 0 unspecified atom stereocenters. The largest absolute Gasteiger partial charge is 0.497 e. The minimum absolute atomic E-state index is 0.0179. The Morgan fingerprint density at radius 3 is 2.84 bits per heavy atom. The highest BCUT2D eigenvalue weighted by Crippen LogP contribution is 2.12. The molecular formula is C16H22N6O3. The van der Waals surface area contributed by atoms with Gasteiger partial charge in [-0.2, -0.15) is 9.90 Å². The first-order valence-electron chi connectivity index (χ1n) is 7.76. The maximum absolute atomic E-state index is 11.9. The Hall–Kier alpha value is -3.10. The number of aromatic nitrogens is 3. The maximum Gasteiger partial charge on any atom is 0.322 e. The SMILES string of the molecule is COc1cccc(CCNC(=O)Cn2ncc(NC(=O)N(C)C)n2)c1. The highest BCUT2D eigenvalue weighted by atomic mass is 16.5. The van der Waals surface area contributed by atoms with Crippen LogP contribution in [0.3, 0.4) is 0 Å². The monoisotopic (exact) mass is 346 g/mol. The molecule has 1 heterocycles. The lowest BCUT2D eigenvalue weighted by Crippen LogP contribution is -2.30. The van der Waals surface area contributed by atoms with Crippen LogP contribution in [0.1, 0.15) is 5.56 Å². The third-order valence-electron chi connectivity index (χ3n) is 3.33. The first kappa shape index (κ1) is 18.2. The molecule has 134 valence electrons. The van der Waals surface area contributed by atoms with Crippen LogP contribution in [-0.2, 0) is 17.8 Å². The molecule has 0 bridgehead atoms. The van der Waals surface area contributed by atoms with Crippen molar-refractivity contribution in [1.82, 2.24) is 25.2 Å². The average molecular weight is 346 g/mol. The van der Waals surface area contributed by atoms with E-state index in [9.17, 15) is 9.59 Å². The zero-order chi connectivity index (χ0) is 18.2. The summed E-state index contributed by atoms with van der Waals surface area (Å²) < 4.78 is 5.17. The van der Waals surface area contributed by atoms with E-state index in [2.05, 4.69) is 20.8 Å². The molecule has 0 aliphatic carbocycles. The second-order valence-electron chi connectivity index (χ2n) is 5.54. The van der Waals surface area contributed by atoms with Crippen molar-refractivity contribution in [3.05, 3.63) is 36.0 Å². The molecule has 0 aliphatic rings. The number of carbonyl (C=O) groups is 2. The normalized spacial score (nSPS) is 10.2. The van der Waals surface area contributed by atoms with E-state index in [1.54, 1.807) is 21.2 Å². The predicted molar refractivity (Wildman–Crippen MR) is 92.4 cm³/mol.